The van der Waals surface area contributed by atoms with Crippen LogP contribution in [-0.4, -0.2) is 11.5 Å². The number of halogens is 1. The van der Waals surface area contributed by atoms with Crippen molar-refractivity contribution in [2.75, 3.05) is 6.54 Å². The molecule has 0 fully saturated rings. The van der Waals surface area contributed by atoms with Crippen molar-refractivity contribution in [3.8, 4) is 11.5 Å². The first kappa shape index (κ1) is 14.8. The minimum atomic E-state index is 0.742. The lowest BCUT2D eigenvalue weighted by Gasteiger charge is -2.12. The quantitative estimate of drug-likeness (QED) is 0.894. The van der Waals surface area contributed by atoms with Crippen LogP contribution in [0.5, 0.6) is 11.5 Å². The van der Waals surface area contributed by atoms with Crippen LogP contribution < -0.4 is 10.1 Å². The second kappa shape index (κ2) is 6.73. The third-order valence-electron chi connectivity index (χ3n) is 3.00. The SMILES string of the molecule is CCNCc1cnc(C)cc1Oc1ccc(Cl)c(C)c1. The summed E-state index contributed by atoms with van der Waals surface area (Å²) >= 11 is 6.03. The van der Waals surface area contributed by atoms with E-state index in [2.05, 4.69) is 17.2 Å². The van der Waals surface area contributed by atoms with E-state index in [9.17, 15) is 0 Å². The number of pyridine rings is 1. The van der Waals surface area contributed by atoms with Gasteiger partial charge in [0.1, 0.15) is 11.5 Å². The maximum Gasteiger partial charge on any atom is 0.135 e. The van der Waals surface area contributed by atoms with E-state index in [1.807, 2.05) is 44.3 Å². The van der Waals surface area contributed by atoms with Crippen LogP contribution in [0.3, 0.4) is 0 Å². The summed E-state index contributed by atoms with van der Waals surface area (Å²) in [5.74, 6) is 1.62. The maximum atomic E-state index is 6.03. The molecule has 1 aromatic carbocycles. The number of benzene rings is 1. The van der Waals surface area contributed by atoms with Crippen LogP contribution >= 0.6 is 11.6 Å². The number of nitrogens with zero attached hydrogens (tertiary/aromatic N) is 1. The molecule has 0 bridgehead atoms. The van der Waals surface area contributed by atoms with Gasteiger partial charge in [0, 0.05) is 35.1 Å². The molecule has 0 unspecified atom stereocenters. The van der Waals surface area contributed by atoms with Crippen LogP contribution in [0.25, 0.3) is 0 Å². The lowest BCUT2D eigenvalue weighted by atomic mass is 10.2. The lowest BCUT2D eigenvalue weighted by molar-refractivity contribution is 0.471. The van der Waals surface area contributed by atoms with Crippen molar-refractivity contribution in [1.29, 1.82) is 0 Å². The largest absolute Gasteiger partial charge is 0.457 e. The molecule has 1 N–H and O–H groups in total. The van der Waals surface area contributed by atoms with Gasteiger partial charge in [0.15, 0.2) is 0 Å². The monoisotopic (exact) mass is 290 g/mol. The van der Waals surface area contributed by atoms with Gasteiger partial charge in [-0.25, -0.2) is 0 Å². The third-order valence-corrected chi connectivity index (χ3v) is 3.43. The van der Waals surface area contributed by atoms with Crippen molar-refractivity contribution in [1.82, 2.24) is 10.3 Å². The molecule has 1 aromatic heterocycles. The zero-order chi connectivity index (χ0) is 14.5. The van der Waals surface area contributed by atoms with Crippen molar-refractivity contribution >= 4 is 11.6 Å². The van der Waals surface area contributed by atoms with E-state index in [-0.39, 0.29) is 0 Å². The molecule has 0 saturated heterocycles. The predicted octanol–water partition coefficient (Wildman–Crippen LogP) is 4.25. The second-order valence-corrected chi connectivity index (χ2v) is 5.13. The molecule has 3 nitrogen and oxygen atoms in total. The fourth-order valence-corrected chi connectivity index (χ4v) is 1.98. The van der Waals surface area contributed by atoms with Gasteiger partial charge in [0.25, 0.3) is 0 Å². The van der Waals surface area contributed by atoms with Crippen LogP contribution in [-0.2, 0) is 6.54 Å². The molecule has 0 aliphatic carbocycles. The highest BCUT2D eigenvalue weighted by Gasteiger charge is 2.07. The summed E-state index contributed by atoms with van der Waals surface area (Å²) in [6.07, 6.45) is 1.86. The Labute approximate surface area is 124 Å². The number of ether oxygens (including phenoxy) is 1. The molecule has 0 spiro atoms. The Morgan fingerprint density at radius 3 is 2.75 bits per heavy atom. The summed E-state index contributed by atoms with van der Waals surface area (Å²) in [6.45, 7) is 7.65. The predicted molar refractivity (Wildman–Crippen MR) is 82.6 cm³/mol. The minimum absolute atomic E-state index is 0.742. The van der Waals surface area contributed by atoms with Gasteiger partial charge in [-0.2, -0.15) is 0 Å². The molecule has 0 aliphatic heterocycles. The average Bonchev–Trinajstić information content (AvgIpc) is 2.42. The van der Waals surface area contributed by atoms with E-state index in [1.165, 1.54) is 0 Å². The van der Waals surface area contributed by atoms with Gasteiger partial charge in [0.05, 0.1) is 0 Å². The van der Waals surface area contributed by atoms with Crippen LogP contribution in [0.2, 0.25) is 5.02 Å². The van der Waals surface area contributed by atoms with E-state index < -0.39 is 0 Å². The molecular weight excluding hydrogens is 272 g/mol. The first-order valence-corrected chi connectivity index (χ1v) is 7.08. The fourth-order valence-electron chi connectivity index (χ4n) is 1.86. The summed E-state index contributed by atoms with van der Waals surface area (Å²) in [6, 6.07) is 7.62. The highest BCUT2D eigenvalue weighted by atomic mass is 35.5. The van der Waals surface area contributed by atoms with Gasteiger partial charge in [-0.15, -0.1) is 0 Å². The van der Waals surface area contributed by atoms with Gasteiger partial charge in [-0.05, 0) is 44.2 Å². The normalized spacial score (nSPS) is 10.6. The zero-order valence-electron chi connectivity index (χ0n) is 12.0. The summed E-state index contributed by atoms with van der Waals surface area (Å²) in [7, 11) is 0. The standard InChI is InChI=1S/C16H19ClN2O/c1-4-18-9-13-10-19-12(3)8-16(13)20-14-5-6-15(17)11(2)7-14/h5-8,10,18H,4,9H2,1-3H3. The molecule has 1 heterocycles. The zero-order valence-corrected chi connectivity index (χ0v) is 12.8. The Balaban J connectivity index is 2.26. The van der Waals surface area contributed by atoms with Crippen molar-refractivity contribution in [2.24, 2.45) is 0 Å². The van der Waals surface area contributed by atoms with Crippen LogP contribution in [0.4, 0.5) is 0 Å². The summed E-state index contributed by atoms with van der Waals surface area (Å²) < 4.78 is 5.98. The summed E-state index contributed by atoms with van der Waals surface area (Å²) in [4.78, 5) is 4.32. The molecule has 0 saturated carbocycles. The van der Waals surface area contributed by atoms with Gasteiger partial charge in [-0.1, -0.05) is 18.5 Å². The smallest absolute Gasteiger partial charge is 0.135 e. The van der Waals surface area contributed by atoms with Gasteiger partial charge in [-0.3, -0.25) is 4.98 Å². The number of rotatable bonds is 5. The number of hydrogen-bond acceptors (Lipinski definition) is 3. The molecule has 2 rings (SSSR count). The Bertz CT molecular complexity index is 599. The number of aromatic nitrogens is 1. The van der Waals surface area contributed by atoms with Gasteiger partial charge >= 0.3 is 0 Å². The molecule has 20 heavy (non-hydrogen) atoms. The summed E-state index contributed by atoms with van der Waals surface area (Å²) in [5, 5.41) is 4.04. The first-order chi connectivity index (χ1) is 9.60. The van der Waals surface area contributed by atoms with Crippen LogP contribution in [0.15, 0.2) is 30.5 Å². The Kier molecular flexibility index (Phi) is 4.99. The molecule has 0 radical (unpaired) electrons. The fraction of sp³-hybridized carbons (Fsp3) is 0.312. The van der Waals surface area contributed by atoms with Crippen molar-refractivity contribution in [3.05, 3.63) is 52.3 Å². The topological polar surface area (TPSA) is 34.2 Å². The molecule has 106 valence electrons. The molecular formula is C16H19ClN2O. The average molecular weight is 291 g/mol. The number of nitrogens with one attached hydrogen (secondary N) is 1. The Morgan fingerprint density at radius 2 is 2.05 bits per heavy atom. The highest BCUT2D eigenvalue weighted by molar-refractivity contribution is 6.31. The van der Waals surface area contributed by atoms with Crippen LogP contribution in [0.1, 0.15) is 23.7 Å². The van der Waals surface area contributed by atoms with Crippen molar-refractivity contribution < 1.29 is 4.74 Å². The molecule has 0 atom stereocenters. The Hall–Kier alpha value is -1.58. The minimum Gasteiger partial charge on any atom is -0.457 e. The highest BCUT2D eigenvalue weighted by Crippen LogP contribution is 2.28. The molecule has 2 aromatic rings. The van der Waals surface area contributed by atoms with E-state index in [1.54, 1.807) is 0 Å². The van der Waals surface area contributed by atoms with E-state index in [4.69, 9.17) is 16.3 Å². The van der Waals surface area contributed by atoms with Crippen LogP contribution in [0, 0.1) is 13.8 Å². The molecule has 0 amide bonds. The van der Waals surface area contributed by atoms with E-state index in [0.717, 1.165) is 46.4 Å². The first-order valence-electron chi connectivity index (χ1n) is 6.70. The maximum absolute atomic E-state index is 6.03. The van der Waals surface area contributed by atoms with Gasteiger partial charge < -0.3 is 10.1 Å². The third kappa shape index (κ3) is 3.71. The van der Waals surface area contributed by atoms with E-state index >= 15 is 0 Å². The molecule has 0 aliphatic rings. The summed E-state index contributed by atoms with van der Waals surface area (Å²) in [5.41, 5.74) is 2.99. The Morgan fingerprint density at radius 1 is 1.25 bits per heavy atom. The second-order valence-electron chi connectivity index (χ2n) is 4.73. The van der Waals surface area contributed by atoms with E-state index in [0.29, 0.717) is 0 Å². The van der Waals surface area contributed by atoms with Gasteiger partial charge in [0.2, 0.25) is 0 Å². The molecule has 4 heteroatoms. The lowest BCUT2D eigenvalue weighted by Crippen LogP contribution is -2.12. The van der Waals surface area contributed by atoms with Crippen molar-refractivity contribution in [2.45, 2.75) is 27.3 Å². The number of hydrogen-bond donors (Lipinski definition) is 1. The van der Waals surface area contributed by atoms with Crippen molar-refractivity contribution in [3.63, 3.8) is 0 Å². The number of aryl methyl sites for hydroxylation is 2.